The molecule has 0 heterocycles. The van der Waals surface area contributed by atoms with Crippen molar-refractivity contribution in [3.05, 3.63) is 34.4 Å². The zero-order chi connectivity index (χ0) is 12.7. The van der Waals surface area contributed by atoms with E-state index >= 15 is 0 Å². The first kappa shape index (κ1) is 12.6. The molecule has 1 rings (SSSR count). The molecule has 7 heteroatoms. The summed E-state index contributed by atoms with van der Waals surface area (Å²) >= 11 is 0. The summed E-state index contributed by atoms with van der Waals surface area (Å²) in [6.07, 6.45) is 0.991. The van der Waals surface area contributed by atoms with E-state index in [1.54, 1.807) is 6.92 Å². The van der Waals surface area contributed by atoms with Crippen LogP contribution in [0.1, 0.15) is 6.92 Å². The molecule has 7 nitrogen and oxygen atoms in total. The normalized spacial score (nSPS) is 10.2. The average molecular weight is 237 g/mol. The van der Waals surface area contributed by atoms with E-state index in [1.165, 1.54) is 24.3 Å². The summed E-state index contributed by atoms with van der Waals surface area (Å²) in [5, 5.41) is 14.0. The molecule has 0 aliphatic rings. The number of nitrogens with zero attached hydrogens (tertiary/aromatic N) is 2. The van der Waals surface area contributed by atoms with Gasteiger partial charge in [-0.1, -0.05) is 0 Å². The first-order valence-electron chi connectivity index (χ1n) is 4.83. The van der Waals surface area contributed by atoms with E-state index in [9.17, 15) is 14.9 Å². The Hall–Kier alpha value is -2.44. The number of nitrogens with one attached hydrogen (secondary N) is 1. The second-order valence-corrected chi connectivity index (χ2v) is 2.93. The Morgan fingerprint density at radius 3 is 2.71 bits per heavy atom. The van der Waals surface area contributed by atoms with Crippen LogP contribution in [0.5, 0.6) is 0 Å². The van der Waals surface area contributed by atoms with Crippen LogP contribution in [0, 0.1) is 10.1 Å². The van der Waals surface area contributed by atoms with Crippen LogP contribution >= 0.6 is 0 Å². The zero-order valence-electron chi connectivity index (χ0n) is 9.12. The Morgan fingerprint density at radius 1 is 1.53 bits per heavy atom. The third-order valence-corrected chi connectivity index (χ3v) is 1.73. The standard InChI is InChI=1S/C10H11N3O4/c1-2-17-10(14)7-11-12-8-3-5-9(6-4-8)13(15)16/h3-7,12H,2H2,1H3/b11-7-. The molecule has 0 amide bonds. The molecule has 0 aliphatic heterocycles. The monoisotopic (exact) mass is 237 g/mol. The summed E-state index contributed by atoms with van der Waals surface area (Å²) < 4.78 is 4.61. The molecule has 1 aromatic carbocycles. The smallest absolute Gasteiger partial charge is 0.351 e. The third kappa shape index (κ3) is 4.29. The fourth-order valence-electron chi connectivity index (χ4n) is 0.997. The van der Waals surface area contributed by atoms with Crippen molar-refractivity contribution in [1.82, 2.24) is 0 Å². The fraction of sp³-hybridized carbons (Fsp3) is 0.200. The molecular formula is C10H11N3O4. The number of non-ortho nitro benzene ring substituents is 1. The summed E-state index contributed by atoms with van der Waals surface area (Å²) in [6.45, 7) is 1.97. The van der Waals surface area contributed by atoms with E-state index in [2.05, 4.69) is 15.3 Å². The molecule has 0 aliphatic carbocycles. The summed E-state index contributed by atoms with van der Waals surface area (Å²) in [5.74, 6) is -0.554. The second kappa shape index (κ2) is 6.21. The number of esters is 1. The Morgan fingerprint density at radius 2 is 2.18 bits per heavy atom. The van der Waals surface area contributed by atoms with Gasteiger partial charge >= 0.3 is 5.97 Å². The number of benzene rings is 1. The van der Waals surface area contributed by atoms with Crippen LogP contribution in [0.25, 0.3) is 0 Å². The van der Waals surface area contributed by atoms with E-state index in [0.29, 0.717) is 5.69 Å². The van der Waals surface area contributed by atoms with E-state index in [1.807, 2.05) is 0 Å². The largest absolute Gasteiger partial charge is 0.462 e. The molecule has 17 heavy (non-hydrogen) atoms. The van der Waals surface area contributed by atoms with E-state index in [4.69, 9.17) is 0 Å². The third-order valence-electron chi connectivity index (χ3n) is 1.73. The molecular weight excluding hydrogens is 226 g/mol. The molecule has 1 aromatic rings. The van der Waals surface area contributed by atoms with Gasteiger partial charge < -0.3 is 4.74 Å². The Kier molecular flexibility index (Phi) is 4.61. The summed E-state index contributed by atoms with van der Waals surface area (Å²) in [6, 6.07) is 5.64. The van der Waals surface area contributed by atoms with Crippen LogP contribution in [-0.2, 0) is 9.53 Å². The lowest BCUT2D eigenvalue weighted by Gasteiger charge is -1.99. The van der Waals surface area contributed by atoms with Crippen molar-refractivity contribution in [1.29, 1.82) is 0 Å². The van der Waals surface area contributed by atoms with Gasteiger partial charge in [0.25, 0.3) is 5.69 Å². The van der Waals surface area contributed by atoms with Gasteiger partial charge in [0, 0.05) is 12.1 Å². The van der Waals surface area contributed by atoms with Gasteiger partial charge in [0.2, 0.25) is 0 Å². The van der Waals surface area contributed by atoms with Crippen LogP contribution in [0.3, 0.4) is 0 Å². The van der Waals surface area contributed by atoms with Crippen LogP contribution in [0.4, 0.5) is 11.4 Å². The lowest BCUT2D eigenvalue weighted by molar-refractivity contribution is -0.384. The molecule has 0 spiro atoms. The van der Waals surface area contributed by atoms with Gasteiger partial charge in [0.05, 0.1) is 17.2 Å². The highest BCUT2D eigenvalue weighted by Gasteiger charge is 2.02. The van der Waals surface area contributed by atoms with Crippen molar-refractivity contribution in [3.63, 3.8) is 0 Å². The molecule has 1 N–H and O–H groups in total. The Bertz CT molecular complexity index is 428. The number of anilines is 1. The van der Waals surface area contributed by atoms with Crippen LogP contribution in [0.15, 0.2) is 29.4 Å². The van der Waals surface area contributed by atoms with Crippen molar-refractivity contribution >= 4 is 23.6 Å². The van der Waals surface area contributed by atoms with Crippen molar-refractivity contribution in [2.45, 2.75) is 6.92 Å². The van der Waals surface area contributed by atoms with Gasteiger partial charge in [-0.2, -0.15) is 5.10 Å². The number of nitro benzene ring substituents is 1. The molecule has 0 radical (unpaired) electrons. The van der Waals surface area contributed by atoms with Gasteiger partial charge in [0.1, 0.15) is 6.21 Å². The number of hydrazone groups is 1. The van der Waals surface area contributed by atoms with Gasteiger partial charge in [-0.25, -0.2) is 4.79 Å². The SMILES string of the molecule is CCOC(=O)/C=N\Nc1ccc([N+](=O)[O-])cc1. The van der Waals surface area contributed by atoms with Crippen LogP contribution in [-0.4, -0.2) is 23.7 Å². The maximum Gasteiger partial charge on any atom is 0.351 e. The Labute approximate surface area is 97.2 Å². The highest BCUT2D eigenvalue weighted by molar-refractivity contribution is 6.23. The molecule has 0 saturated heterocycles. The van der Waals surface area contributed by atoms with Gasteiger partial charge in [-0.15, -0.1) is 0 Å². The number of hydrogen-bond acceptors (Lipinski definition) is 6. The lowest BCUT2D eigenvalue weighted by Crippen LogP contribution is -2.06. The summed E-state index contributed by atoms with van der Waals surface area (Å²) in [7, 11) is 0. The maximum atomic E-state index is 10.9. The van der Waals surface area contributed by atoms with Crippen molar-refractivity contribution in [3.8, 4) is 0 Å². The van der Waals surface area contributed by atoms with E-state index < -0.39 is 10.9 Å². The topological polar surface area (TPSA) is 93.8 Å². The number of carbonyl (C=O) groups is 1. The number of ether oxygens (including phenoxy) is 1. The lowest BCUT2D eigenvalue weighted by atomic mass is 10.3. The fourth-order valence-corrected chi connectivity index (χ4v) is 0.997. The number of rotatable bonds is 5. The van der Waals surface area contributed by atoms with E-state index in [-0.39, 0.29) is 12.3 Å². The van der Waals surface area contributed by atoms with Gasteiger partial charge in [-0.3, -0.25) is 15.5 Å². The summed E-state index contributed by atoms with van der Waals surface area (Å²) in [4.78, 5) is 20.8. The molecule has 0 bridgehead atoms. The molecule has 0 atom stereocenters. The zero-order valence-corrected chi connectivity index (χ0v) is 9.12. The van der Waals surface area contributed by atoms with Crippen LogP contribution in [0.2, 0.25) is 0 Å². The quantitative estimate of drug-likeness (QED) is 0.363. The van der Waals surface area contributed by atoms with Gasteiger partial charge in [0.15, 0.2) is 0 Å². The predicted octanol–water partition coefficient (Wildman–Crippen LogP) is 1.56. The van der Waals surface area contributed by atoms with Crippen molar-refractivity contribution in [2.24, 2.45) is 5.10 Å². The van der Waals surface area contributed by atoms with Crippen molar-refractivity contribution in [2.75, 3.05) is 12.0 Å². The number of hydrogen-bond donors (Lipinski definition) is 1. The van der Waals surface area contributed by atoms with Gasteiger partial charge in [-0.05, 0) is 19.1 Å². The molecule has 0 unspecified atom stereocenters. The average Bonchev–Trinajstić information content (AvgIpc) is 2.30. The summed E-state index contributed by atoms with van der Waals surface area (Å²) in [5.41, 5.74) is 3.07. The molecule has 90 valence electrons. The second-order valence-electron chi connectivity index (χ2n) is 2.93. The number of nitro groups is 1. The van der Waals surface area contributed by atoms with Crippen molar-refractivity contribution < 1.29 is 14.5 Å². The molecule has 0 fully saturated rings. The maximum absolute atomic E-state index is 10.9. The minimum absolute atomic E-state index is 0.00933. The predicted molar refractivity (Wildman–Crippen MR) is 61.8 cm³/mol. The highest BCUT2D eigenvalue weighted by atomic mass is 16.6. The number of carbonyl (C=O) groups excluding carboxylic acids is 1. The minimum Gasteiger partial charge on any atom is -0.462 e. The highest BCUT2D eigenvalue weighted by Crippen LogP contribution is 2.14. The molecule has 0 aromatic heterocycles. The minimum atomic E-state index is -0.554. The first-order chi connectivity index (χ1) is 8.13. The van der Waals surface area contributed by atoms with Crippen LogP contribution < -0.4 is 5.43 Å². The first-order valence-corrected chi connectivity index (χ1v) is 4.83. The molecule has 0 saturated carbocycles. The Balaban J connectivity index is 2.52. The van der Waals surface area contributed by atoms with E-state index in [0.717, 1.165) is 6.21 Å².